The van der Waals surface area contributed by atoms with E-state index in [0.29, 0.717) is 43.0 Å². The lowest BCUT2D eigenvalue weighted by atomic mass is 10.0. The number of hydrogen-bond acceptors (Lipinski definition) is 7. The Kier molecular flexibility index (Phi) is 8.32. The van der Waals surface area contributed by atoms with Crippen LogP contribution in [0.2, 0.25) is 0 Å². The van der Waals surface area contributed by atoms with Gasteiger partial charge in [-0.15, -0.1) is 0 Å². The molecule has 2 amide bonds. The van der Waals surface area contributed by atoms with Crippen molar-refractivity contribution in [2.45, 2.75) is 6.04 Å². The number of nitrogens with one attached hydrogen (secondary N) is 3. The largest absolute Gasteiger partial charge is 0.508 e. The van der Waals surface area contributed by atoms with Crippen LogP contribution in [0.5, 0.6) is 11.5 Å². The number of phenols is 1. The van der Waals surface area contributed by atoms with Crippen LogP contribution in [0.4, 0.5) is 11.4 Å². The van der Waals surface area contributed by atoms with Crippen LogP contribution in [0.3, 0.4) is 0 Å². The fraction of sp³-hybridized carbons (Fsp3) is 0.250. The van der Waals surface area contributed by atoms with E-state index in [9.17, 15) is 14.7 Å². The number of anilines is 2. The van der Waals surface area contributed by atoms with Gasteiger partial charge >= 0.3 is 0 Å². The van der Waals surface area contributed by atoms with Crippen molar-refractivity contribution in [2.75, 3.05) is 50.1 Å². The van der Waals surface area contributed by atoms with Crippen molar-refractivity contribution >= 4 is 29.0 Å². The van der Waals surface area contributed by atoms with Crippen molar-refractivity contribution in [2.24, 2.45) is 5.73 Å². The first kappa shape index (κ1) is 26.3. The van der Waals surface area contributed by atoms with Gasteiger partial charge in [-0.05, 0) is 30.3 Å². The minimum atomic E-state index is -0.978. The van der Waals surface area contributed by atoms with Crippen LogP contribution < -0.4 is 26.0 Å². The molecule has 38 heavy (non-hydrogen) atoms. The topological polar surface area (TPSA) is 144 Å². The molecule has 10 nitrogen and oxygen atoms in total. The van der Waals surface area contributed by atoms with Gasteiger partial charge in [-0.1, -0.05) is 42.5 Å². The van der Waals surface area contributed by atoms with Gasteiger partial charge in [0.15, 0.2) is 0 Å². The Bertz CT molecular complexity index is 1310. The fourth-order valence-electron chi connectivity index (χ4n) is 4.42. The van der Waals surface area contributed by atoms with Crippen molar-refractivity contribution in [1.82, 2.24) is 10.2 Å². The summed E-state index contributed by atoms with van der Waals surface area (Å²) in [6, 6.07) is 20.1. The molecule has 4 rings (SSSR count). The highest BCUT2D eigenvalue weighted by molar-refractivity contribution is 5.96. The number of carbonyl (C=O) groups is 2. The van der Waals surface area contributed by atoms with Gasteiger partial charge in [-0.25, -0.2) is 0 Å². The SMILES string of the molecule is COc1ccccc1N1CCN(C(=O)CNC(=O)C(Nc2cccc(C(=N)N)c2)c2ccccc2O)CC1. The molecule has 0 spiro atoms. The summed E-state index contributed by atoms with van der Waals surface area (Å²) in [6.07, 6.45) is 0. The van der Waals surface area contributed by atoms with Crippen LogP contribution in [-0.2, 0) is 9.59 Å². The quantitative estimate of drug-likeness (QED) is 0.217. The second-order valence-electron chi connectivity index (χ2n) is 8.89. The first-order valence-corrected chi connectivity index (χ1v) is 12.3. The molecule has 198 valence electrons. The molecule has 0 aliphatic carbocycles. The summed E-state index contributed by atoms with van der Waals surface area (Å²) in [5.74, 6) is -0.0280. The first-order valence-electron chi connectivity index (χ1n) is 12.3. The molecule has 1 saturated heterocycles. The molecule has 1 aliphatic rings. The van der Waals surface area contributed by atoms with Gasteiger partial charge in [0.05, 0.1) is 19.3 Å². The van der Waals surface area contributed by atoms with Crippen molar-refractivity contribution in [3.05, 3.63) is 83.9 Å². The maximum Gasteiger partial charge on any atom is 0.247 e. The zero-order chi connectivity index (χ0) is 27.1. The van der Waals surface area contributed by atoms with E-state index in [0.717, 1.165) is 11.4 Å². The average Bonchev–Trinajstić information content (AvgIpc) is 2.95. The minimum Gasteiger partial charge on any atom is -0.508 e. The number of nitrogen functional groups attached to an aromatic ring is 1. The zero-order valence-electron chi connectivity index (χ0n) is 21.2. The molecular formula is C28H32N6O4. The number of methoxy groups -OCH3 is 1. The van der Waals surface area contributed by atoms with Crippen LogP contribution in [0.1, 0.15) is 17.2 Å². The van der Waals surface area contributed by atoms with Gasteiger partial charge in [0.25, 0.3) is 0 Å². The van der Waals surface area contributed by atoms with Crippen molar-refractivity contribution < 1.29 is 19.4 Å². The Hall–Kier alpha value is -4.73. The van der Waals surface area contributed by atoms with E-state index in [1.54, 1.807) is 54.5 Å². The Balaban J connectivity index is 1.40. The van der Waals surface area contributed by atoms with E-state index in [1.165, 1.54) is 6.07 Å². The van der Waals surface area contributed by atoms with Crippen LogP contribution in [0, 0.1) is 5.41 Å². The Morgan fingerprint density at radius 1 is 1.03 bits per heavy atom. The van der Waals surface area contributed by atoms with Crippen LogP contribution in [0.25, 0.3) is 0 Å². The van der Waals surface area contributed by atoms with Crippen LogP contribution in [-0.4, -0.2) is 67.5 Å². The molecule has 3 aromatic rings. The molecule has 1 atom stereocenters. The molecule has 0 radical (unpaired) electrons. The van der Waals surface area contributed by atoms with Gasteiger partial charge in [-0.3, -0.25) is 15.0 Å². The monoisotopic (exact) mass is 516 g/mol. The molecule has 1 heterocycles. The smallest absolute Gasteiger partial charge is 0.247 e. The molecule has 0 saturated carbocycles. The standard InChI is InChI=1S/C28H32N6O4/c1-38-24-12-5-3-10-22(24)33-13-15-34(16-14-33)25(36)18-31-28(37)26(21-9-2-4-11-23(21)35)32-20-8-6-7-19(17-20)27(29)30/h2-12,17,26,32,35H,13-16,18H2,1H3,(H3,29,30)(H,31,37). The van der Waals surface area contributed by atoms with Crippen molar-refractivity contribution in [1.29, 1.82) is 5.41 Å². The fourth-order valence-corrected chi connectivity index (χ4v) is 4.42. The van der Waals surface area contributed by atoms with E-state index in [-0.39, 0.29) is 24.0 Å². The van der Waals surface area contributed by atoms with Gasteiger partial charge in [-0.2, -0.15) is 0 Å². The predicted octanol–water partition coefficient (Wildman–Crippen LogP) is 2.30. The summed E-state index contributed by atoms with van der Waals surface area (Å²) >= 11 is 0. The average molecular weight is 517 g/mol. The molecule has 0 aromatic heterocycles. The lowest BCUT2D eigenvalue weighted by Gasteiger charge is -2.36. The molecule has 6 N–H and O–H groups in total. The molecule has 10 heteroatoms. The number of ether oxygens (including phenoxy) is 1. The van der Waals surface area contributed by atoms with Crippen molar-refractivity contribution in [3.8, 4) is 11.5 Å². The number of nitrogens with zero attached hydrogens (tertiary/aromatic N) is 2. The number of amides is 2. The number of phenolic OH excluding ortho intramolecular Hbond substituents is 1. The van der Waals surface area contributed by atoms with Gasteiger partial charge < -0.3 is 36.0 Å². The van der Waals surface area contributed by atoms with Gasteiger partial charge in [0, 0.05) is 43.0 Å². The molecule has 1 fully saturated rings. The van der Waals surface area contributed by atoms with Crippen molar-refractivity contribution in [3.63, 3.8) is 0 Å². The zero-order valence-corrected chi connectivity index (χ0v) is 21.2. The molecular weight excluding hydrogens is 484 g/mol. The number of piperazine rings is 1. The molecule has 1 aliphatic heterocycles. The molecule has 1 unspecified atom stereocenters. The highest BCUT2D eigenvalue weighted by atomic mass is 16.5. The second kappa shape index (κ2) is 12.0. The summed E-state index contributed by atoms with van der Waals surface area (Å²) < 4.78 is 5.46. The highest BCUT2D eigenvalue weighted by Crippen LogP contribution is 2.29. The van der Waals surface area contributed by atoms with E-state index in [4.69, 9.17) is 15.9 Å². The Labute approximate surface area is 221 Å². The van der Waals surface area contributed by atoms with Crippen LogP contribution in [0.15, 0.2) is 72.8 Å². The number of amidine groups is 1. The number of nitrogens with two attached hydrogens (primary N) is 1. The molecule has 0 bridgehead atoms. The van der Waals surface area contributed by atoms with E-state index >= 15 is 0 Å². The normalized spacial score (nSPS) is 13.9. The number of benzene rings is 3. The van der Waals surface area contributed by atoms with E-state index < -0.39 is 11.9 Å². The third-order valence-corrected chi connectivity index (χ3v) is 6.47. The highest BCUT2D eigenvalue weighted by Gasteiger charge is 2.26. The van der Waals surface area contributed by atoms with E-state index in [1.807, 2.05) is 24.3 Å². The third-order valence-electron chi connectivity index (χ3n) is 6.47. The van der Waals surface area contributed by atoms with Gasteiger partial charge in [0.2, 0.25) is 11.8 Å². The summed E-state index contributed by atoms with van der Waals surface area (Å²) in [5.41, 5.74) is 7.98. The van der Waals surface area contributed by atoms with Gasteiger partial charge in [0.1, 0.15) is 23.4 Å². The maximum absolute atomic E-state index is 13.3. The third kappa shape index (κ3) is 6.15. The Morgan fingerprint density at radius 2 is 1.74 bits per heavy atom. The second-order valence-corrected chi connectivity index (χ2v) is 8.89. The minimum absolute atomic E-state index is 0.0540. The lowest BCUT2D eigenvalue weighted by molar-refractivity contribution is -0.133. The van der Waals surface area contributed by atoms with E-state index in [2.05, 4.69) is 15.5 Å². The lowest BCUT2D eigenvalue weighted by Crippen LogP contribution is -2.51. The summed E-state index contributed by atoms with van der Waals surface area (Å²) in [4.78, 5) is 30.1. The number of rotatable bonds is 9. The number of para-hydroxylation sites is 3. The first-order chi connectivity index (χ1) is 18.4. The summed E-state index contributed by atoms with van der Waals surface area (Å²) in [7, 11) is 1.64. The number of aromatic hydroxyl groups is 1. The predicted molar refractivity (Wildman–Crippen MR) is 147 cm³/mol. The summed E-state index contributed by atoms with van der Waals surface area (Å²) in [5, 5.41) is 23.9. The van der Waals surface area contributed by atoms with Crippen LogP contribution >= 0.6 is 0 Å². The number of hydrogen-bond donors (Lipinski definition) is 5. The number of carbonyl (C=O) groups excluding carboxylic acids is 2. The molecule has 3 aromatic carbocycles. The Morgan fingerprint density at radius 3 is 2.45 bits per heavy atom. The summed E-state index contributed by atoms with van der Waals surface area (Å²) in [6.45, 7) is 2.16. The maximum atomic E-state index is 13.3.